The van der Waals surface area contributed by atoms with Gasteiger partial charge in [-0.05, 0) is 26.0 Å². The predicted molar refractivity (Wildman–Crippen MR) is 74.1 cm³/mol. The first kappa shape index (κ1) is 16.4. The first-order valence-electron chi connectivity index (χ1n) is 5.93. The zero-order valence-electron chi connectivity index (χ0n) is 11.5. The second-order valence-corrected chi connectivity index (χ2v) is 5.18. The van der Waals surface area contributed by atoms with Gasteiger partial charge in [0.25, 0.3) is 5.69 Å². The molecule has 1 rings (SSSR count). The van der Waals surface area contributed by atoms with E-state index in [0.717, 1.165) is 6.07 Å². The number of hydrogen-bond donors (Lipinski definition) is 0. The number of carbonyl (C=O) groups is 1. The molecule has 1 aromatic rings. The lowest BCUT2D eigenvalue weighted by atomic mass is 10.1. The quantitative estimate of drug-likeness (QED) is 0.458. The van der Waals surface area contributed by atoms with Gasteiger partial charge in [0, 0.05) is 19.6 Å². The summed E-state index contributed by atoms with van der Waals surface area (Å²) in [4.78, 5) is 21.9. The average molecular weight is 302 g/mol. The van der Waals surface area contributed by atoms with Gasteiger partial charge in [0.1, 0.15) is 5.02 Å². The van der Waals surface area contributed by atoms with E-state index in [4.69, 9.17) is 21.1 Å². The van der Waals surface area contributed by atoms with Gasteiger partial charge in [-0.2, -0.15) is 0 Å². The maximum atomic E-state index is 11.8. The maximum Gasteiger partial charge on any atom is 0.338 e. The zero-order chi connectivity index (χ0) is 15.3. The van der Waals surface area contributed by atoms with Gasteiger partial charge in [-0.3, -0.25) is 10.1 Å². The number of esters is 1. The highest BCUT2D eigenvalue weighted by Crippen LogP contribution is 2.25. The lowest BCUT2D eigenvalue weighted by Crippen LogP contribution is -2.25. The van der Waals surface area contributed by atoms with Crippen LogP contribution in [0.1, 0.15) is 30.6 Å². The minimum atomic E-state index is -0.646. The van der Waals surface area contributed by atoms with E-state index in [1.165, 1.54) is 12.1 Å². The van der Waals surface area contributed by atoms with Crippen LogP contribution in [-0.2, 0) is 9.47 Å². The smallest absolute Gasteiger partial charge is 0.338 e. The molecule has 7 heteroatoms. The molecule has 0 unspecified atom stereocenters. The second kappa shape index (κ2) is 6.67. The SMILES string of the molecule is COC(C)(C)CCOC(=O)c1ccc(Cl)c([N+](=O)[O-])c1. The summed E-state index contributed by atoms with van der Waals surface area (Å²) in [5.41, 5.74) is -0.624. The molecule has 0 aromatic heterocycles. The van der Waals surface area contributed by atoms with Gasteiger partial charge in [0.15, 0.2) is 0 Å². The third kappa shape index (κ3) is 4.47. The summed E-state index contributed by atoms with van der Waals surface area (Å²) < 4.78 is 10.2. The Morgan fingerprint density at radius 2 is 2.10 bits per heavy atom. The van der Waals surface area contributed by atoms with E-state index >= 15 is 0 Å². The summed E-state index contributed by atoms with van der Waals surface area (Å²) in [5, 5.41) is 10.7. The van der Waals surface area contributed by atoms with Gasteiger partial charge >= 0.3 is 5.97 Å². The van der Waals surface area contributed by atoms with Crippen LogP contribution < -0.4 is 0 Å². The molecule has 20 heavy (non-hydrogen) atoms. The number of halogens is 1. The number of hydrogen-bond acceptors (Lipinski definition) is 5. The summed E-state index contributed by atoms with van der Waals surface area (Å²) in [6.45, 7) is 3.90. The molecular weight excluding hydrogens is 286 g/mol. The fourth-order valence-electron chi connectivity index (χ4n) is 1.35. The van der Waals surface area contributed by atoms with Gasteiger partial charge in [-0.25, -0.2) is 4.79 Å². The predicted octanol–water partition coefficient (Wildman–Crippen LogP) is 3.22. The largest absolute Gasteiger partial charge is 0.462 e. The Morgan fingerprint density at radius 1 is 1.45 bits per heavy atom. The van der Waals surface area contributed by atoms with Crippen LogP contribution in [0.25, 0.3) is 0 Å². The number of nitro groups is 1. The monoisotopic (exact) mass is 301 g/mol. The first-order valence-corrected chi connectivity index (χ1v) is 6.31. The molecule has 0 saturated carbocycles. The first-order chi connectivity index (χ1) is 9.26. The fourth-order valence-corrected chi connectivity index (χ4v) is 1.54. The van der Waals surface area contributed by atoms with Crippen LogP contribution >= 0.6 is 11.6 Å². The second-order valence-electron chi connectivity index (χ2n) is 4.77. The van der Waals surface area contributed by atoms with Crippen LogP contribution in [0.4, 0.5) is 5.69 Å². The molecule has 0 fully saturated rings. The van der Waals surface area contributed by atoms with Crippen molar-refractivity contribution in [2.45, 2.75) is 25.9 Å². The summed E-state index contributed by atoms with van der Waals surface area (Å²) in [5.74, 6) is -0.628. The van der Waals surface area contributed by atoms with Gasteiger partial charge in [0.05, 0.1) is 22.7 Å². The normalized spacial score (nSPS) is 11.2. The lowest BCUT2D eigenvalue weighted by Gasteiger charge is -2.22. The van der Waals surface area contributed by atoms with Crippen molar-refractivity contribution in [1.29, 1.82) is 0 Å². The van der Waals surface area contributed by atoms with Crippen molar-refractivity contribution in [2.75, 3.05) is 13.7 Å². The number of nitrogens with zero attached hydrogens (tertiary/aromatic N) is 1. The lowest BCUT2D eigenvalue weighted by molar-refractivity contribution is -0.384. The van der Waals surface area contributed by atoms with E-state index in [1.807, 2.05) is 13.8 Å². The molecule has 110 valence electrons. The number of carbonyl (C=O) groups excluding carboxylic acids is 1. The zero-order valence-corrected chi connectivity index (χ0v) is 12.3. The minimum absolute atomic E-state index is 0.0212. The minimum Gasteiger partial charge on any atom is -0.462 e. The van der Waals surface area contributed by atoms with E-state index in [9.17, 15) is 14.9 Å². The summed E-state index contributed by atoms with van der Waals surface area (Å²) in [7, 11) is 1.57. The molecule has 0 saturated heterocycles. The Bertz CT molecular complexity index is 515. The van der Waals surface area contributed by atoms with Crippen molar-refractivity contribution in [3.8, 4) is 0 Å². The molecule has 0 aliphatic heterocycles. The van der Waals surface area contributed by atoms with Gasteiger partial charge in [-0.15, -0.1) is 0 Å². The number of nitro benzene ring substituents is 1. The Balaban J connectivity index is 2.69. The number of ether oxygens (including phenoxy) is 2. The Kier molecular flexibility index (Phi) is 5.47. The van der Waals surface area contributed by atoms with E-state index in [2.05, 4.69) is 0 Å². The summed E-state index contributed by atoms with van der Waals surface area (Å²) in [6, 6.07) is 3.79. The third-order valence-electron chi connectivity index (χ3n) is 2.87. The molecule has 1 aromatic carbocycles. The molecule has 0 heterocycles. The van der Waals surface area contributed by atoms with Crippen molar-refractivity contribution < 1.29 is 19.2 Å². The van der Waals surface area contributed by atoms with Crippen molar-refractivity contribution in [2.24, 2.45) is 0 Å². The summed E-state index contributed by atoms with van der Waals surface area (Å²) in [6.07, 6.45) is 0.519. The molecule has 0 spiro atoms. The van der Waals surface area contributed by atoms with E-state index in [-0.39, 0.29) is 22.9 Å². The molecule has 0 aliphatic rings. The van der Waals surface area contributed by atoms with Crippen LogP contribution in [0.3, 0.4) is 0 Å². The van der Waals surface area contributed by atoms with Crippen molar-refractivity contribution >= 4 is 23.3 Å². The number of benzene rings is 1. The highest BCUT2D eigenvalue weighted by atomic mass is 35.5. The number of rotatable bonds is 6. The third-order valence-corrected chi connectivity index (χ3v) is 3.19. The van der Waals surface area contributed by atoms with Crippen molar-refractivity contribution in [3.63, 3.8) is 0 Å². The Hall–Kier alpha value is -1.66. The maximum absolute atomic E-state index is 11.8. The topological polar surface area (TPSA) is 78.7 Å². The molecule has 0 atom stereocenters. The highest BCUT2D eigenvalue weighted by Gasteiger charge is 2.19. The van der Waals surface area contributed by atoms with Gasteiger partial charge in [0.2, 0.25) is 0 Å². The Labute approximate surface area is 121 Å². The van der Waals surface area contributed by atoms with Crippen LogP contribution in [0, 0.1) is 10.1 Å². The number of methoxy groups -OCH3 is 1. The molecular formula is C13H16ClNO5. The highest BCUT2D eigenvalue weighted by molar-refractivity contribution is 6.32. The fraction of sp³-hybridized carbons (Fsp3) is 0.462. The van der Waals surface area contributed by atoms with E-state index < -0.39 is 16.5 Å². The van der Waals surface area contributed by atoms with Crippen LogP contribution in [-0.4, -0.2) is 30.2 Å². The van der Waals surface area contributed by atoms with Crippen molar-refractivity contribution in [1.82, 2.24) is 0 Å². The summed E-state index contributed by atoms with van der Waals surface area (Å²) >= 11 is 5.67. The molecule has 0 N–H and O–H groups in total. The van der Waals surface area contributed by atoms with Gasteiger partial charge < -0.3 is 9.47 Å². The molecule has 6 nitrogen and oxygen atoms in total. The van der Waals surface area contributed by atoms with Crippen LogP contribution in [0.2, 0.25) is 5.02 Å². The average Bonchev–Trinajstić information content (AvgIpc) is 2.38. The molecule has 0 radical (unpaired) electrons. The van der Waals surface area contributed by atoms with Gasteiger partial charge in [-0.1, -0.05) is 11.6 Å². The molecule has 0 bridgehead atoms. The Morgan fingerprint density at radius 3 is 2.65 bits per heavy atom. The molecule has 0 aliphatic carbocycles. The standard InChI is InChI=1S/C13H16ClNO5/c1-13(2,19-3)6-7-20-12(16)9-4-5-10(14)11(8-9)15(17)18/h4-5,8H,6-7H2,1-3H3. The molecule has 0 amide bonds. The van der Waals surface area contributed by atoms with Crippen LogP contribution in [0.5, 0.6) is 0 Å². The van der Waals surface area contributed by atoms with E-state index in [0.29, 0.717) is 6.42 Å². The van der Waals surface area contributed by atoms with Crippen molar-refractivity contribution in [3.05, 3.63) is 38.9 Å². The van der Waals surface area contributed by atoms with Crippen LogP contribution in [0.15, 0.2) is 18.2 Å². The van der Waals surface area contributed by atoms with E-state index in [1.54, 1.807) is 7.11 Å².